The largest absolute Gasteiger partial charge is 0.316 e. The molecule has 0 bridgehead atoms. The molecule has 0 radical (unpaired) electrons. The first kappa shape index (κ1) is 12.3. The Labute approximate surface area is 114 Å². The van der Waals surface area contributed by atoms with Crippen LogP contribution in [0.5, 0.6) is 0 Å². The molecule has 0 spiro atoms. The van der Waals surface area contributed by atoms with Crippen LogP contribution in [0.3, 0.4) is 0 Å². The Morgan fingerprint density at radius 3 is 2.79 bits per heavy atom. The maximum Gasteiger partial charge on any atom is 0.133 e. The number of aryl methyl sites for hydroxylation is 2. The lowest BCUT2D eigenvalue weighted by Gasteiger charge is -2.09. The smallest absolute Gasteiger partial charge is 0.133 e. The highest BCUT2D eigenvalue weighted by molar-refractivity contribution is 5.60. The number of benzene rings is 1. The second kappa shape index (κ2) is 5.10. The van der Waals surface area contributed by atoms with Crippen molar-refractivity contribution in [2.75, 3.05) is 13.1 Å². The fourth-order valence-electron chi connectivity index (χ4n) is 2.51. The maximum atomic E-state index is 4.74. The van der Waals surface area contributed by atoms with Crippen LogP contribution in [0.4, 0.5) is 0 Å². The number of nitrogens with zero attached hydrogens (tertiary/aromatic N) is 2. The van der Waals surface area contributed by atoms with Crippen molar-refractivity contribution in [3.63, 3.8) is 0 Å². The number of hydrogen-bond donors (Lipinski definition) is 1. The SMILES string of the molecule is Cc1ccc(-c2ccnc(C3CCNC3)n2)cc1C. The second-order valence-corrected chi connectivity index (χ2v) is 5.29. The van der Waals surface area contributed by atoms with E-state index in [0.29, 0.717) is 5.92 Å². The molecule has 3 rings (SSSR count). The number of nitrogens with one attached hydrogen (secondary N) is 1. The summed E-state index contributed by atoms with van der Waals surface area (Å²) >= 11 is 0. The fraction of sp³-hybridized carbons (Fsp3) is 0.375. The molecular weight excluding hydrogens is 234 g/mol. The standard InChI is InChI=1S/C16H19N3/c1-11-3-4-13(9-12(11)2)15-6-8-18-16(19-15)14-5-7-17-10-14/h3-4,6,8-9,14,17H,5,7,10H2,1-2H3. The van der Waals surface area contributed by atoms with Gasteiger partial charge < -0.3 is 5.32 Å². The third kappa shape index (κ3) is 2.51. The Kier molecular flexibility index (Phi) is 3.30. The lowest BCUT2D eigenvalue weighted by Crippen LogP contribution is -2.10. The third-order valence-corrected chi connectivity index (χ3v) is 3.90. The molecule has 1 aromatic carbocycles. The van der Waals surface area contributed by atoms with Gasteiger partial charge in [0.05, 0.1) is 5.69 Å². The van der Waals surface area contributed by atoms with Crippen LogP contribution >= 0.6 is 0 Å². The summed E-state index contributed by atoms with van der Waals surface area (Å²) in [6, 6.07) is 8.50. The predicted molar refractivity (Wildman–Crippen MR) is 77.2 cm³/mol. The van der Waals surface area contributed by atoms with Crippen LogP contribution in [-0.4, -0.2) is 23.1 Å². The van der Waals surface area contributed by atoms with Crippen LogP contribution in [0, 0.1) is 13.8 Å². The Morgan fingerprint density at radius 1 is 1.16 bits per heavy atom. The molecule has 1 aliphatic rings. The van der Waals surface area contributed by atoms with Gasteiger partial charge in [0.2, 0.25) is 0 Å². The van der Waals surface area contributed by atoms with E-state index in [2.05, 4.69) is 42.3 Å². The monoisotopic (exact) mass is 253 g/mol. The molecule has 3 nitrogen and oxygen atoms in total. The minimum Gasteiger partial charge on any atom is -0.316 e. The van der Waals surface area contributed by atoms with Gasteiger partial charge in [-0.1, -0.05) is 12.1 Å². The molecule has 3 heteroatoms. The van der Waals surface area contributed by atoms with Crippen molar-refractivity contribution < 1.29 is 0 Å². The second-order valence-electron chi connectivity index (χ2n) is 5.29. The van der Waals surface area contributed by atoms with Crippen molar-refractivity contribution in [1.82, 2.24) is 15.3 Å². The van der Waals surface area contributed by atoms with E-state index >= 15 is 0 Å². The highest BCUT2D eigenvalue weighted by Gasteiger charge is 2.19. The molecule has 1 aromatic heterocycles. The average molecular weight is 253 g/mol. The van der Waals surface area contributed by atoms with E-state index in [1.165, 1.54) is 16.7 Å². The summed E-state index contributed by atoms with van der Waals surface area (Å²) in [6.07, 6.45) is 3.02. The van der Waals surface area contributed by atoms with Gasteiger partial charge in [-0.05, 0) is 50.1 Å². The molecule has 1 N–H and O–H groups in total. The molecule has 1 atom stereocenters. The van der Waals surface area contributed by atoms with Crippen molar-refractivity contribution in [3.8, 4) is 11.3 Å². The zero-order chi connectivity index (χ0) is 13.2. The Bertz CT molecular complexity index is 586. The first-order valence-corrected chi connectivity index (χ1v) is 6.85. The summed E-state index contributed by atoms with van der Waals surface area (Å²) in [4.78, 5) is 9.18. The minimum atomic E-state index is 0.464. The van der Waals surface area contributed by atoms with Gasteiger partial charge in [0.15, 0.2) is 0 Å². The van der Waals surface area contributed by atoms with E-state index in [1.807, 2.05) is 12.3 Å². The summed E-state index contributed by atoms with van der Waals surface area (Å²) < 4.78 is 0. The van der Waals surface area contributed by atoms with E-state index in [-0.39, 0.29) is 0 Å². The van der Waals surface area contributed by atoms with Crippen molar-refractivity contribution in [2.24, 2.45) is 0 Å². The van der Waals surface area contributed by atoms with E-state index < -0.39 is 0 Å². The van der Waals surface area contributed by atoms with Crippen LogP contribution in [0.2, 0.25) is 0 Å². The van der Waals surface area contributed by atoms with Gasteiger partial charge in [-0.25, -0.2) is 9.97 Å². The topological polar surface area (TPSA) is 37.8 Å². The molecule has 2 heterocycles. The molecule has 1 unspecified atom stereocenters. The Hall–Kier alpha value is -1.74. The number of hydrogen-bond acceptors (Lipinski definition) is 3. The molecule has 0 saturated carbocycles. The predicted octanol–water partition coefficient (Wildman–Crippen LogP) is 2.84. The molecule has 98 valence electrons. The summed E-state index contributed by atoms with van der Waals surface area (Å²) in [5.74, 6) is 1.44. The maximum absolute atomic E-state index is 4.74. The average Bonchev–Trinajstić information content (AvgIpc) is 2.96. The van der Waals surface area contributed by atoms with Crippen molar-refractivity contribution >= 4 is 0 Å². The van der Waals surface area contributed by atoms with E-state index in [1.54, 1.807) is 0 Å². The molecule has 1 fully saturated rings. The van der Waals surface area contributed by atoms with Gasteiger partial charge in [0.25, 0.3) is 0 Å². The lowest BCUT2D eigenvalue weighted by molar-refractivity contribution is 0.703. The molecule has 1 saturated heterocycles. The van der Waals surface area contributed by atoms with Crippen LogP contribution in [0.25, 0.3) is 11.3 Å². The van der Waals surface area contributed by atoms with Crippen LogP contribution in [0.1, 0.15) is 29.3 Å². The Balaban J connectivity index is 1.95. The molecule has 2 aromatic rings. The van der Waals surface area contributed by atoms with E-state index in [0.717, 1.165) is 31.0 Å². The van der Waals surface area contributed by atoms with Crippen LogP contribution < -0.4 is 5.32 Å². The fourth-order valence-corrected chi connectivity index (χ4v) is 2.51. The zero-order valence-corrected chi connectivity index (χ0v) is 11.5. The summed E-state index contributed by atoms with van der Waals surface area (Å²) in [5, 5.41) is 3.37. The van der Waals surface area contributed by atoms with Gasteiger partial charge in [0, 0.05) is 24.2 Å². The minimum absolute atomic E-state index is 0.464. The first-order chi connectivity index (χ1) is 9.24. The van der Waals surface area contributed by atoms with Gasteiger partial charge in [-0.3, -0.25) is 0 Å². The molecular formula is C16H19N3. The molecule has 19 heavy (non-hydrogen) atoms. The Morgan fingerprint density at radius 2 is 2.05 bits per heavy atom. The first-order valence-electron chi connectivity index (χ1n) is 6.85. The van der Waals surface area contributed by atoms with Gasteiger partial charge >= 0.3 is 0 Å². The molecule has 0 aliphatic carbocycles. The van der Waals surface area contributed by atoms with Crippen LogP contribution in [0.15, 0.2) is 30.5 Å². The third-order valence-electron chi connectivity index (χ3n) is 3.90. The quantitative estimate of drug-likeness (QED) is 0.894. The highest BCUT2D eigenvalue weighted by atomic mass is 15.0. The highest BCUT2D eigenvalue weighted by Crippen LogP contribution is 2.23. The number of rotatable bonds is 2. The van der Waals surface area contributed by atoms with Crippen molar-refractivity contribution in [3.05, 3.63) is 47.4 Å². The zero-order valence-electron chi connectivity index (χ0n) is 11.5. The van der Waals surface area contributed by atoms with E-state index in [9.17, 15) is 0 Å². The van der Waals surface area contributed by atoms with Crippen LogP contribution in [-0.2, 0) is 0 Å². The number of aromatic nitrogens is 2. The van der Waals surface area contributed by atoms with Gasteiger partial charge in [-0.2, -0.15) is 0 Å². The molecule has 1 aliphatic heterocycles. The summed E-state index contributed by atoms with van der Waals surface area (Å²) in [6.45, 7) is 6.34. The summed E-state index contributed by atoms with van der Waals surface area (Å²) in [7, 11) is 0. The van der Waals surface area contributed by atoms with Gasteiger partial charge in [-0.15, -0.1) is 0 Å². The van der Waals surface area contributed by atoms with Crippen molar-refractivity contribution in [1.29, 1.82) is 0 Å². The normalized spacial score (nSPS) is 18.7. The van der Waals surface area contributed by atoms with Crippen molar-refractivity contribution in [2.45, 2.75) is 26.2 Å². The van der Waals surface area contributed by atoms with E-state index in [4.69, 9.17) is 4.98 Å². The van der Waals surface area contributed by atoms with Gasteiger partial charge in [0.1, 0.15) is 5.82 Å². The molecule has 0 amide bonds. The lowest BCUT2D eigenvalue weighted by atomic mass is 10.0. The summed E-state index contributed by atoms with van der Waals surface area (Å²) in [5.41, 5.74) is 4.83.